The van der Waals surface area contributed by atoms with Crippen LogP contribution in [0.1, 0.15) is 10.4 Å². The first kappa shape index (κ1) is 13.5. The van der Waals surface area contributed by atoms with Crippen LogP contribution in [0.15, 0.2) is 42.5 Å². The minimum absolute atomic E-state index is 0.0451. The lowest BCUT2D eigenvalue weighted by Gasteiger charge is -2.29. The zero-order chi connectivity index (χ0) is 15.0. The highest BCUT2D eigenvalue weighted by atomic mass is 35.5. The van der Waals surface area contributed by atoms with Crippen molar-refractivity contribution in [1.29, 1.82) is 0 Å². The van der Waals surface area contributed by atoms with Crippen LogP contribution in [0, 0.1) is 0 Å². The molecular formula is C15H12ClN3O2. The van der Waals surface area contributed by atoms with E-state index < -0.39 is 0 Å². The second-order valence-electron chi connectivity index (χ2n) is 4.70. The van der Waals surface area contributed by atoms with Crippen LogP contribution in [-0.2, 0) is 4.79 Å². The molecule has 1 aliphatic heterocycles. The van der Waals surface area contributed by atoms with E-state index >= 15 is 0 Å². The molecule has 0 unspecified atom stereocenters. The van der Waals surface area contributed by atoms with E-state index in [0.717, 1.165) is 0 Å². The predicted octanol–water partition coefficient (Wildman–Crippen LogP) is 2.52. The second kappa shape index (κ2) is 5.10. The quantitative estimate of drug-likeness (QED) is 0.795. The molecule has 0 bridgehead atoms. The number of nitrogens with one attached hydrogen (secondary N) is 1. The Morgan fingerprint density at radius 1 is 1.24 bits per heavy atom. The summed E-state index contributed by atoms with van der Waals surface area (Å²) in [6.07, 6.45) is 0. The van der Waals surface area contributed by atoms with Gasteiger partial charge in [-0.1, -0.05) is 23.7 Å². The molecule has 106 valence electrons. The van der Waals surface area contributed by atoms with Crippen LogP contribution >= 0.6 is 11.6 Å². The molecule has 3 rings (SSSR count). The van der Waals surface area contributed by atoms with Gasteiger partial charge in [0.1, 0.15) is 6.54 Å². The first-order valence-electron chi connectivity index (χ1n) is 6.32. The molecule has 3 N–H and O–H groups in total. The molecular weight excluding hydrogens is 290 g/mol. The molecule has 0 saturated heterocycles. The molecule has 6 heteroatoms. The molecule has 5 nitrogen and oxygen atoms in total. The highest BCUT2D eigenvalue weighted by Gasteiger charge is 2.28. The summed E-state index contributed by atoms with van der Waals surface area (Å²) >= 11 is 6.08. The number of nitrogens with zero attached hydrogens (tertiary/aromatic N) is 1. The molecule has 2 aromatic carbocycles. The van der Waals surface area contributed by atoms with Crippen molar-refractivity contribution < 1.29 is 9.59 Å². The number of benzene rings is 2. The number of carbonyl (C=O) groups excluding carboxylic acids is 2. The fourth-order valence-corrected chi connectivity index (χ4v) is 2.53. The predicted molar refractivity (Wildman–Crippen MR) is 82.6 cm³/mol. The fraction of sp³-hybridized carbons (Fsp3) is 0.0667. The molecule has 1 heterocycles. The summed E-state index contributed by atoms with van der Waals surface area (Å²) in [7, 11) is 0. The largest absolute Gasteiger partial charge is 0.399 e. The van der Waals surface area contributed by atoms with E-state index in [1.807, 2.05) is 0 Å². The number of anilines is 3. The number of nitrogen functional groups attached to an aromatic ring is 1. The monoisotopic (exact) mass is 301 g/mol. The van der Waals surface area contributed by atoms with Gasteiger partial charge in [0.2, 0.25) is 5.91 Å². The van der Waals surface area contributed by atoms with Crippen molar-refractivity contribution in [2.75, 3.05) is 22.5 Å². The van der Waals surface area contributed by atoms with Crippen molar-refractivity contribution in [2.24, 2.45) is 0 Å². The van der Waals surface area contributed by atoms with Gasteiger partial charge in [0.15, 0.2) is 0 Å². The topological polar surface area (TPSA) is 75.4 Å². The van der Waals surface area contributed by atoms with Crippen LogP contribution in [0.25, 0.3) is 0 Å². The van der Waals surface area contributed by atoms with Crippen LogP contribution in [0.2, 0.25) is 5.02 Å². The number of hydrogen-bond acceptors (Lipinski definition) is 3. The summed E-state index contributed by atoms with van der Waals surface area (Å²) in [5.41, 5.74) is 7.68. The first-order valence-corrected chi connectivity index (χ1v) is 6.70. The number of nitrogens with two attached hydrogens (primary N) is 1. The smallest absolute Gasteiger partial charge is 0.260 e. The molecule has 0 atom stereocenters. The summed E-state index contributed by atoms with van der Waals surface area (Å²) in [5.74, 6) is -0.573. The van der Waals surface area contributed by atoms with Crippen molar-refractivity contribution in [2.45, 2.75) is 0 Å². The van der Waals surface area contributed by atoms with Gasteiger partial charge in [-0.25, -0.2) is 0 Å². The van der Waals surface area contributed by atoms with Crippen molar-refractivity contribution >= 4 is 40.5 Å². The molecule has 1 aliphatic rings. The average Bonchev–Trinajstić information content (AvgIpc) is 2.45. The molecule has 0 aromatic heterocycles. The van der Waals surface area contributed by atoms with E-state index in [1.54, 1.807) is 36.4 Å². The second-order valence-corrected chi connectivity index (χ2v) is 5.10. The molecule has 2 aromatic rings. The van der Waals surface area contributed by atoms with Crippen LogP contribution in [-0.4, -0.2) is 18.4 Å². The molecule has 0 aliphatic carbocycles. The fourth-order valence-electron chi connectivity index (χ4n) is 2.26. The van der Waals surface area contributed by atoms with E-state index in [1.165, 1.54) is 11.0 Å². The molecule has 0 saturated carbocycles. The maximum atomic E-state index is 12.7. The van der Waals surface area contributed by atoms with Crippen molar-refractivity contribution in [3.8, 4) is 0 Å². The highest BCUT2D eigenvalue weighted by Crippen LogP contribution is 2.31. The zero-order valence-corrected chi connectivity index (χ0v) is 11.7. The van der Waals surface area contributed by atoms with Crippen LogP contribution < -0.4 is 16.0 Å². The molecule has 0 fully saturated rings. The lowest BCUT2D eigenvalue weighted by Crippen LogP contribution is -2.42. The Morgan fingerprint density at radius 2 is 2.00 bits per heavy atom. The Bertz CT molecular complexity index is 745. The van der Waals surface area contributed by atoms with Gasteiger partial charge < -0.3 is 11.1 Å². The highest BCUT2D eigenvalue weighted by molar-refractivity contribution is 6.35. The van der Waals surface area contributed by atoms with Gasteiger partial charge in [-0.3, -0.25) is 14.5 Å². The SMILES string of the molecule is Nc1ccc(C(=O)N2CC(=O)Nc3ccccc32)c(Cl)c1. The molecule has 21 heavy (non-hydrogen) atoms. The molecule has 0 spiro atoms. The van der Waals surface area contributed by atoms with Gasteiger partial charge in [-0.2, -0.15) is 0 Å². The third-order valence-corrected chi connectivity index (χ3v) is 3.55. The maximum Gasteiger partial charge on any atom is 0.260 e. The Kier molecular flexibility index (Phi) is 3.27. The lowest BCUT2D eigenvalue weighted by atomic mass is 10.1. The first-order chi connectivity index (χ1) is 10.1. The van der Waals surface area contributed by atoms with Crippen molar-refractivity contribution in [3.05, 3.63) is 53.1 Å². The van der Waals surface area contributed by atoms with E-state index in [0.29, 0.717) is 22.6 Å². The zero-order valence-electron chi connectivity index (χ0n) is 11.0. The van der Waals surface area contributed by atoms with Gasteiger partial charge in [-0.05, 0) is 30.3 Å². The maximum absolute atomic E-state index is 12.7. The van der Waals surface area contributed by atoms with Gasteiger partial charge in [-0.15, -0.1) is 0 Å². The number of carbonyl (C=O) groups is 2. The summed E-state index contributed by atoms with van der Waals surface area (Å²) < 4.78 is 0. The van der Waals surface area contributed by atoms with Gasteiger partial charge in [0.25, 0.3) is 5.91 Å². The number of para-hydroxylation sites is 2. The Labute approximate surface area is 126 Å². The van der Waals surface area contributed by atoms with Gasteiger partial charge >= 0.3 is 0 Å². The summed E-state index contributed by atoms with van der Waals surface area (Å²) in [5, 5.41) is 3.00. The van der Waals surface area contributed by atoms with Crippen LogP contribution in [0.3, 0.4) is 0 Å². The van der Waals surface area contributed by atoms with Crippen LogP contribution in [0.4, 0.5) is 17.1 Å². The number of rotatable bonds is 1. The summed E-state index contributed by atoms with van der Waals surface area (Å²) in [6.45, 7) is -0.0451. The number of amides is 2. The number of hydrogen-bond donors (Lipinski definition) is 2. The van der Waals surface area contributed by atoms with E-state index in [-0.39, 0.29) is 23.4 Å². The summed E-state index contributed by atoms with van der Waals surface area (Å²) in [4.78, 5) is 25.8. The minimum Gasteiger partial charge on any atom is -0.399 e. The number of halogens is 1. The summed E-state index contributed by atoms with van der Waals surface area (Å²) in [6, 6.07) is 11.8. The van der Waals surface area contributed by atoms with E-state index in [4.69, 9.17) is 17.3 Å². The van der Waals surface area contributed by atoms with E-state index in [2.05, 4.69) is 5.32 Å². The normalized spacial score (nSPS) is 13.6. The Hall–Kier alpha value is -2.53. The van der Waals surface area contributed by atoms with Crippen molar-refractivity contribution in [1.82, 2.24) is 0 Å². The van der Waals surface area contributed by atoms with Gasteiger partial charge in [0.05, 0.1) is 22.0 Å². The molecule has 0 radical (unpaired) electrons. The third-order valence-electron chi connectivity index (χ3n) is 3.24. The van der Waals surface area contributed by atoms with Crippen molar-refractivity contribution in [3.63, 3.8) is 0 Å². The number of fused-ring (bicyclic) bond motifs is 1. The minimum atomic E-state index is -0.331. The van der Waals surface area contributed by atoms with E-state index in [9.17, 15) is 9.59 Å². The van der Waals surface area contributed by atoms with Crippen LogP contribution in [0.5, 0.6) is 0 Å². The third kappa shape index (κ3) is 2.43. The Balaban J connectivity index is 2.04. The molecule has 2 amide bonds. The average molecular weight is 302 g/mol. The standard InChI is InChI=1S/C15H12ClN3O2/c16-11-7-9(17)5-6-10(11)15(21)19-8-14(20)18-12-3-1-2-4-13(12)19/h1-7H,8,17H2,(H,18,20). The lowest BCUT2D eigenvalue weighted by molar-refractivity contribution is -0.115. The Morgan fingerprint density at radius 3 is 2.76 bits per heavy atom. The van der Waals surface area contributed by atoms with Gasteiger partial charge in [0, 0.05) is 5.69 Å².